The van der Waals surface area contributed by atoms with Crippen LogP contribution in [0.2, 0.25) is 0 Å². The van der Waals surface area contributed by atoms with Gasteiger partial charge in [0, 0.05) is 25.3 Å². The maximum atomic E-state index is 5.43. The summed E-state index contributed by atoms with van der Waals surface area (Å²) in [5.41, 5.74) is 1.98. The maximum absolute atomic E-state index is 5.43. The largest absolute Gasteiger partial charge is 0.381 e. The number of rotatable bonds is 2. The van der Waals surface area contributed by atoms with E-state index in [-0.39, 0.29) is 0 Å². The summed E-state index contributed by atoms with van der Waals surface area (Å²) >= 11 is 0. The van der Waals surface area contributed by atoms with Gasteiger partial charge in [-0.1, -0.05) is 0 Å². The predicted octanol–water partition coefficient (Wildman–Crippen LogP) is 1.96. The molecule has 3 rings (SSSR count). The smallest absolute Gasteiger partial charge is 0.159 e. The summed E-state index contributed by atoms with van der Waals surface area (Å²) in [6.07, 6.45) is 2.90. The molecule has 1 aliphatic rings. The van der Waals surface area contributed by atoms with E-state index in [1.165, 1.54) is 0 Å². The average molecular weight is 217 g/mol. The first-order chi connectivity index (χ1) is 7.90. The molecule has 4 heteroatoms. The van der Waals surface area contributed by atoms with Crippen molar-refractivity contribution in [1.82, 2.24) is 14.5 Å². The number of hydrogen-bond acceptors (Lipinski definition) is 3. The van der Waals surface area contributed by atoms with Crippen molar-refractivity contribution in [2.45, 2.75) is 25.8 Å². The first kappa shape index (κ1) is 9.78. The Balaban J connectivity index is 2.15. The Hall–Kier alpha value is -1.42. The Kier molecular flexibility index (Phi) is 2.36. The van der Waals surface area contributed by atoms with Gasteiger partial charge in [0.05, 0.1) is 6.61 Å². The number of aromatic nitrogens is 3. The molecular formula is C12H15N3O. The second-order valence-electron chi connectivity index (χ2n) is 4.12. The number of ether oxygens (including phenoxy) is 1. The SMILES string of the molecule is CCn1c(C2CCOC2)nc2cccnc21. The fourth-order valence-electron chi connectivity index (χ4n) is 2.34. The maximum Gasteiger partial charge on any atom is 0.159 e. The minimum Gasteiger partial charge on any atom is -0.381 e. The van der Waals surface area contributed by atoms with Crippen molar-refractivity contribution in [2.24, 2.45) is 0 Å². The Bertz CT molecular complexity index is 500. The lowest BCUT2D eigenvalue weighted by Gasteiger charge is -2.09. The highest BCUT2D eigenvalue weighted by atomic mass is 16.5. The van der Waals surface area contributed by atoms with E-state index in [0.717, 1.165) is 43.2 Å². The number of pyridine rings is 1. The zero-order chi connectivity index (χ0) is 11.0. The van der Waals surface area contributed by atoms with Crippen molar-refractivity contribution < 1.29 is 4.74 Å². The third kappa shape index (κ3) is 1.41. The van der Waals surface area contributed by atoms with E-state index in [9.17, 15) is 0 Å². The molecule has 2 aromatic rings. The molecule has 4 nitrogen and oxygen atoms in total. The number of fused-ring (bicyclic) bond motifs is 1. The molecule has 0 aromatic carbocycles. The molecule has 84 valence electrons. The van der Waals surface area contributed by atoms with Crippen LogP contribution >= 0.6 is 0 Å². The normalized spacial score (nSPS) is 20.7. The fraction of sp³-hybridized carbons (Fsp3) is 0.500. The summed E-state index contributed by atoms with van der Waals surface area (Å²) in [7, 11) is 0. The molecule has 0 saturated carbocycles. The summed E-state index contributed by atoms with van der Waals surface area (Å²) in [5.74, 6) is 1.57. The Morgan fingerprint density at radius 1 is 1.56 bits per heavy atom. The van der Waals surface area contributed by atoms with Gasteiger partial charge in [0.1, 0.15) is 11.3 Å². The summed E-state index contributed by atoms with van der Waals surface area (Å²) < 4.78 is 7.64. The lowest BCUT2D eigenvalue weighted by molar-refractivity contribution is 0.192. The third-order valence-electron chi connectivity index (χ3n) is 3.14. The molecule has 0 amide bonds. The molecule has 0 spiro atoms. The van der Waals surface area contributed by atoms with E-state index in [1.54, 1.807) is 0 Å². The zero-order valence-electron chi connectivity index (χ0n) is 9.39. The quantitative estimate of drug-likeness (QED) is 0.772. The lowest BCUT2D eigenvalue weighted by atomic mass is 10.1. The van der Waals surface area contributed by atoms with Gasteiger partial charge < -0.3 is 9.30 Å². The molecule has 1 aliphatic heterocycles. The summed E-state index contributed by atoms with van der Waals surface area (Å²) in [5, 5.41) is 0. The molecule has 0 N–H and O–H groups in total. The van der Waals surface area contributed by atoms with Crippen molar-refractivity contribution >= 4 is 11.2 Å². The van der Waals surface area contributed by atoms with Crippen LogP contribution in [0.5, 0.6) is 0 Å². The predicted molar refractivity (Wildman–Crippen MR) is 61.4 cm³/mol. The topological polar surface area (TPSA) is 39.9 Å². The standard InChI is InChI=1S/C12H15N3O/c1-2-15-11(9-5-7-16-8-9)14-10-4-3-6-13-12(10)15/h3-4,6,9H,2,5,7-8H2,1H3. The van der Waals surface area contributed by atoms with Crippen LogP contribution in [0.3, 0.4) is 0 Å². The fourth-order valence-corrected chi connectivity index (χ4v) is 2.34. The average Bonchev–Trinajstić information content (AvgIpc) is 2.95. The Morgan fingerprint density at radius 2 is 2.50 bits per heavy atom. The number of aryl methyl sites for hydroxylation is 1. The van der Waals surface area contributed by atoms with E-state index in [1.807, 2.05) is 18.3 Å². The highest BCUT2D eigenvalue weighted by Crippen LogP contribution is 2.27. The highest BCUT2D eigenvalue weighted by Gasteiger charge is 2.24. The molecule has 0 aliphatic carbocycles. The monoisotopic (exact) mass is 217 g/mol. The molecule has 2 aromatic heterocycles. The Morgan fingerprint density at radius 3 is 3.25 bits per heavy atom. The molecule has 0 bridgehead atoms. The van der Waals surface area contributed by atoms with Crippen LogP contribution in [0, 0.1) is 0 Å². The van der Waals surface area contributed by atoms with E-state index >= 15 is 0 Å². The highest BCUT2D eigenvalue weighted by molar-refractivity contribution is 5.71. The molecule has 1 unspecified atom stereocenters. The molecule has 3 heterocycles. The zero-order valence-corrected chi connectivity index (χ0v) is 9.39. The van der Waals surface area contributed by atoms with Gasteiger partial charge in [0.2, 0.25) is 0 Å². The van der Waals surface area contributed by atoms with Gasteiger partial charge in [-0.25, -0.2) is 9.97 Å². The van der Waals surface area contributed by atoms with E-state index in [2.05, 4.69) is 21.5 Å². The molecular weight excluding hydrogens is 202 g/mol. The number of nitrogens with zero attached hydrogens (tertiary/aromatic N) is 3. The van der Waals surface area contributed by atoms with Crippen LogP contribution in [0.1, 0.15) is 25.1 Å². The van der Waals surface area contributed by atoms with Crippen LogP contribution in [-0.2, 0) is 11.3 Å². The van der Waals surface area contributed by atoms with Gasteiger partial charge in [-0.05, 0) is 25.5 Å². The second kappa shape index (κ2) is 3.87. The van der Waals surface area contributed by atoms with Crippen LogP contribution in [0.15, 0.2) is 18.3 Å². The van der Waals surface area contributed by atoms with Gasteiger partial charge >= 0.3 is 0 Å². The first-order valence-corrected chi connectivity index (χ1v) is 5.79. The minimum atomic E-state index is 0.439. The first-order valence-electron chi connectivity index (χ1n) is 5.79. The van der Waals surface area contributed by atoms with E-state index < -0.39 is 0 Å². The van der Waals surface area contributed by atoms with Crippen molar-refractivity contribution in [1.29, 1.82) is 0 Å². The van der Waals surface area contributed by atoms with Crippen LogP contribution in [0.4, 0.5) is 0 Å². The summed E-state index contributed by atoms with van der Waals surface area (Å²) in [6.45, 7) is 4.70. The van der Waals surface area contributed by atoms with Gasteiger partial charge in [-0.15, -0.1) is 0 Å². The van der Waals surface area contributed by atoms with Crippen molar-refractivity contribution in [3.8, 4) is 0 Å². The summed E-state index contributed by atoms with van der Waals surface area (Å²) in [6, 6.07) is 3.96. The molecule has 0 radical (unpaired) electrons. The summed E-state index contributed by atoms with van der Waals surface area (Å²) in [4.78, 5) is 9.09. The molecule has 16 heavy (non-hydrogen) atoms. The number of imidazole rings is 1. The third-order valence-corrected chi connectivity index (χ3v) is 3.14. The van der Waals surface area contributed by atoms with Gasteiger partial charge in [-0.3, -0.25) is 0 Å². The van der Waals surface area contributed by atoms with Crippen molar-refractivity contribution in [3.63, 3.8) is 0 Å². The molecule has 1 saturated heterocycles. The lowest BCUT2D eigenvalue weighted by Crippen LogP contribution is -2.08. The Labute approximate surface area is 94.3 Å². The van der Waals surface area contributed by atoms with Crippen molar-refractivity contribution in [2.75, 3.05) is 13.2 Å². The van der Waals surface area contributed by atoms with E-state index in [0.29, 0.717) is 5.92 Å². The van der Waals surface area contributed by atoms with E-state index in [4.69, 9.17) is 4.74 Å². The van der Waals surface area contributed by atoms with Crippen molar-refractivity contribution in [3.05, 3.63) is 24.2 Å². The minimum absolute atomic E-state index is 0.439. The molecule has 1 fully saturated rings. The van der Waals surface area contributed by atoms with Crippen LogP contribution in [-0.4, -0.2) is 27.7 Å². The van der Waals surface area contributed by atoms with Crippen LogP contribution in [0.25, 0.3) is 11.2 Å². The van der Waals surface area contributed by atoms with Gasteiger partial charge in [0.25, 0.3) is 0 Å². The van der Waals surface area contributed by atoms with Gasteiger partial charge in [0.15, 0.2) is 5.65 Å². The number of hydrogen-bond donors (Lipinski definition) is 0. The van der Waals surface area contributed by atoms with Crippen LogP contribution < -0.4 is 0 Å². The second-order valence-corrected chi connectivity index (χ2v) is 4.12. The van der Waals surface area contributed by atoms with Gasteiger partial charge in [-0.2, -0.15) is 0 Å². The molecule has 1 atom stereocenters.